The fraction of sp³-hybridized carbons (Fsp3) is 0.0667. The molecule has 3 rings (SSSR count). The van der Waals surface area contributed by atoms with Crippen LogP contribution in [0.2, 0.25) is 0 Å². The molecule has 0 bridgehead atoms. The van der Waals surface area contributed by atoms with Crippen LogP contribution in [0.15, 0.2) is 53.2 Å². The maximum atomic E-state index is 12.2. The molecule has 0 saturated heterocycles. The second-order valence-corrected chi connectivity index (χ2v) is 4.53. The van der Waals surface area contributed by atoms with Crippen molar-refractivity contribution < 1.29 is 9.32 Å². The van der Waals surface area contributed by atoms with Crippen molar-refractivity contribution in [2.45, 2.75) is 6.92 Å². The minimum atomic E-state index is -0.312. The van der Waals surface area contributed by atoms with Gasteiger partial charge in [-0.05, 0) is 25.1 Å². The Labute approximate surface area is 126 Å². The van der Waals surface area contributed by atoms with Crippen LogP contribution >= 0.6 is 0 Å². The van der Waals surface area contributed by atoms with E-state index in [4.69, 9.17) is 4.52 Å². The molecular weight excluding hydrogens is 282 g/mol. The third-order valence-electron chi connectivity index (χ3n) is 2.79. The predicted molar refractivity (Wildman–Crippen MR) is 80.9 cm³/mol. The fourth-order valence-corrected chi connectivity index (χ4v) is 1.80. The summed E-state index contributed by atoms with van der Waals surface area (Å²) in [5.74, 6) is 1.11. The average Bonchev–Trinajstić information content (AvgIpc) is 2.93. The van der Waals surface area contributed by atoms with E-state index in [1.54, 1.807) is 25.1 Å². The van der Waals surface area contributed by atoms with Gasteiger partial charge in [-0.3, -0.25) is 4.79 Å². The Balaban J connectivity index is 1.74. The second kappa shape index (κ2) is 6.04. The Morgan fingerprint density at radius 3 is 2.73 bits per heavy atom. The Hall–Kier alpha value is -3.22. The lowest BCUT2D eigenvalue weighted by Crippen LogP contribution is -2.14. The van der Waals surface area contributed by atoms with Crippen LogP contribution in [-0.4, -0.2) is 21.0 Å². The maximum Gasteiger partial charge on any atom is 0.274 e. The molecule has 0 aliphatic carbocycles. The van der Waals surface area contributed by atoms with E-state index in [0.717, 1.165) is 0 Å². The highest BCUT2D eigenvalue weighted by atomic mass is 16.5. The van der Waals surface area contributed by atoms with E-state index in [2.05, 4.69) is 25.8 Å². The minimum Gasteiger partial charge on any atom is -0.360 e. The van der Waals surface area contributed by atoms with E-state index < -0.39 is 0 Å². The average molecular weight is 295 g/mol. The summed E-state index contributed by atoms with van der Waals surface area (Å²) in [5, 5.41) is 9.43. The van der Waals surface area contributed by atoms with Gasteiger partial charge < -0.3 is 15.2 Å². The predicted octanol–water partition coefficient (Wildman–Crippen LogP) is 2.77. The van der Waals surface area contributed by atoms with Gasteiger partial charge >= 0.3 is 0 Å². The molecule has 3 aromatic rings. The summed E-state index contributed by atoms with van der Waals surface area (Å²) >= 11 is 0. The van der Waals surface area contributed by atoms with Crippen LogP contribution in [0.4, 0.5) is 17.5 Å². The molecular formula is C15H13N5O2. The monoisotopic (exact) mass is 295 g/mol. The lowest BCUT2D eigenvalue weighted by Gasteiger charge is -2.05. The molecule has 7 nitrogen and oxygen atoms in total. The van der Waals surface area contributed by atoms with Crippen LogP contribution in [0.1, 0.15) is 16.2 Å². The molecule has 0 aliphatic rings. The molecule has 0 saturated carbocycles. The molecule has 2 N–H and O–H groups in total. The maximum absolute atomic E-state index is 12.2. The largest absolute Gasteiger partial charge is 0.360 e. The van der Waals surface area contributed by atoms with Crippen molar-refractivity contribution in [2.24, 2.45) is 0 Å². The summed E-state index contributed by atoms with van der Waals surface area (Å²) in [7, 11) is 0. The van der Waals surface area contributed by atoms with Crippen LogP contribution in [0.25, 0.3) is 0 Å². The van der Waals surface area contributed by atoms with Crippen molar-refractivity contribution in [3.05, 3.63) is 60.1 Å². The highest BCUT2D eigenvalue weighted by Gasteiger charge is 2.10. The van der Waals surface area contributed by atoms with Crippen LogP contribution in [0, 0.1) is 6.92 Å². The van der Waals surface area contributed by atoms with Crippen LogP contribution < -0.4 is 10.6 Å². The molecule has 0 unspecified atom stereocenters. The second-order valence-electron chi connectivity index (χ2n) is 4.53. The zero-order chi connectivity index (χ0) is 15.4. The molecule has 1 aromatic carbocycles. The third kappa shape index (κ3) is 3.26. The molecule has 0 radical (unpaired) electrons. The van der Waals surface area contributed by atoms with Crippen molar-refractivity contribution in [1.82, 2.24) is 15.1 Å². The number of aromatic nitrogens is 3. The van der Waals surface area contributed by atoms with E-state index >= 15 is 0 Å². The number of carbonyl (C=O) groups excluding carboxylic acids is 1. The summed E-state index contributed by atoms with van der Waals surface area (Å²) < 4.78 is 4.95. The van der Waals surface area contributed by atoms with E-state index in [9.17, 15) is 4.79 Å². The number of amides is 1. The van der Waals surface area contributed by atoms with Crippen molar-refractivity contribution in [3.8, 4) is 0 Å². The normalized spacial score (nSPS) is 10.2. The summed E-state index contributed by atoms with van der Waals surface area (Å²) in [4.78, 5) is 20.4. The van der Waals surface area contributed by atoms with Gasteiger partial charge in [0, 0.05) is 18.0 Å². The first-order valence-corrected chi connectivity index (χ1v) is 6.60. The smallest absolute Gasteiger partial charge is 0.274 e. The summed E-state index contributed by atoms with van der Waals surface area (Å²) in [6.07, 6.45) is 1.50. The van der Waals surface area contributed by atoms with Gasteiger partial charge in [-0.2, -0.15) is 0 Å². The van der Waals surface area contributed by atoms with E-state index in [1.165, 1.54) is 12.3 Å². The Morgan fingerprint density at radius 1 is 1.18 bits per heavy atom. The van der Waals surface area contributed by atoms with Gasteiger partial charge in [-0.15, -0.1) is 0 Å². The van der Waals surface area contributed by atoms with Crippen LogP contribution in [-0.2, 0) is 0 Å². The van der Waals surface area contributed by atoms with E-state index in [1.807, 2.05) is 18.2 Å². The van der Waals surface area contributed by atoms with Gasteiger partial charge in [0.1, 0.15) is 11.5 Å². The van der Waals surface area contributed by atoms with Crippen molar-refractivity contribution in [2.75, 3.05) is 10.6 Å². The Bertz CT molecular complexity index is 785. The molecule has 0 spiro atoms. The summed E-state index contributed by atoms with van der Waals surface area (Å²) in [6.45, 7) is 1.78. The highest BCUT2D eigenvalue weighted by Crippen LogP contribution is 2.13. The van der Waals surface area contributed by atoms with Gasteiger partial charge in [0.25, 0.3) is 5.91 Å². The van der Waals surface area contributed by atoms with Crippen molar-refractivity contribution in [1.29, 1.82) is 0 Å². The molecule has 0 fully saturated rings. The molecule has 1 amide bonds. The Kier molecular flexibility index (Phi) is 3.78. The van der Waals surface area contributed by atoms with E-state index in [-0.39, 0.29) is 17.5 Å². The first-order valence-electron chi connectivity index (χ1n) is 6.60. The van der Waals surface area contributed by atoms with Crippen molar-refractivity contribution >= 4 is 23.4 Å². The molecule has 110 valence electrons. The number of benzene rings is 1. The number of para-hydroxylation sites is 1. The molecule has 2 aromatic heterocycles. The topological polar surface area (TPSA) is 92.9 Å². The van der Waals surface area contributed by atoms with Crippen molar-refractivity contribution in [3.63, 3.8) is 0 Å². The number of nitrogens with one attached hydrogen (secondary N) is 2. The standard InChI is InChI=1S/C15H13N5O2/c1-10-9-13(20-22-10)19-15-16-8-7-12(18-15)14(21)17-11-5-3-2-4-6-11/h2-9H,1H3,(H,17,21)(H,16,18,19,20). The van der Waals surface area contributed by atoms with E-state index in [0.29, 0.717) is 17.3 Å². The zero-order valence-electron chi connectivity index (χ0n) is 11.8. The van der Waals surface area contributed by atoms with Gasteiger partial charge in [0.15, 0.2) is 5.82 Å². The first kappa shape index (κ1) is 13.7. The first-order chi connectivity index (χ1) is 10.7. The Morgan fingerprint density at radius 2 is 2.00 bits per heavy atom. The zero-order valence-corrected chi connectivity index (χ0v) is 11.8. The quantitative estimate of drug-likeness (QED) is 0.768. The fourth-order valence-electron chi connectivity index (χ4n) is 1.80. The van der Waals surface area contributed by atoms with Gasteiger partial charge in [0.2, 0.25) is 5.95 Å². The lowest BCUT2D eigenvalue weighted by molar-refractivity contribution is 0.102. The summed E-state index contributed by atoms with van der Waals surface area (Å²) in [6, 6.07) is 12.4. The molecule has 22 heavy (non-hydrogen) atoms. The molecule has 0 aliphatic heterocycles. The number of nitrogens with zero attached hydrogens (tertiary/aromatic N) is 3. The highest BCUT2D eigenvalue weighted by molar-refractivity contribution is 6.02. The number of carbonyl (C=O) groups is 1. The minimum absolute atomic E-state index is 0.251. The number of rotatable bonds is 4. The number of aryl methyl sites for hydroxylation is 1. The molecule has 7 heteroatoms. The number of hydrogen-bond acceptors (Lipinski definition) is 6. The van der Waals surface area contributed by atoms with Gasteiger partial charge in [-0.1, -0.05) is 23.4 Å². The number of hydrogen-bond donors (Lipinski definition) is 2. The van der Waals surface area contributed by atoms with Crippen LogP contribution in [0.3, 0.4) is 0 Å². The molecule has 0 atom stereocenters. The lowest BCUT2D eigenvalue weighted by atomic mass is 10.3. The van der Waals surface area contributed by atoms with Gasteiger partial charge in [-0.25, -0.2) is 9.97 Å². The number of anilines is 3. The molecule has 2 heterocycles. The summed E-state index contributed by atoms with van der Waals surface area (Å²) in [5.41, 5.74) is 0.953. The SMILES string of the molecule is Cc1cc(Nc2nccc(C(=O)Nc3ccccc3)n2)no1. The third-order valence-corrected chi connectivity index (χ3v) is 2.79. The van der Waals surface area contributed by atoms with Crippen LogP contribution in [0.5, 0.6) is 0 Å². The van der Waals surface area contributed by atoms with Gasteiger partial charge in [0.05, 0.1) is 0 Å².